The summed E-state index contributed by atoms with van der Waals surface area (Å²) in [5.74, 6) is 0.782. The van der Waals surface area contributed by atoms with Crippen LogP contribution in [0.3, 0.4) is 0 Å². The van der Waals surface area contributed by atoms with Gasteiger partial charge < -0.3 is 19.9 Å². The van der Waals surface area contributed by atoms with Crippen LogP contribution >= 0.6 is 0 Å². The van der Waals surface area contributed by atoms with Gasteiger partial charge in [0.2, 0.25) is 0 Å². The molecule has 1 aliphatic rings. The minimum Gasteiger partial charge on any atom is -0.380 e. The first kappa shape index (κ1) is 18.7. The molecule has 2 heterocycles. The Balaban J connectivity index is 1.50. The van der Waals surface area contributed by atoms with Crippen LogP contribution in [0.25, 0.3) is 0 Å². The topological polar surface area (TPSA) is 81.5 Å². The van der Waals surface area contributed by atoms with Crippen molar-refractivity contribution in [2.75, 3.05) is 38.2 Å². The Morgan fingerprint density at radius 3 is 2.74 bits per heavy atom. The van der Waals surface area contributed by atoms with Crippen molar-refractivity contribution in [2.45, 2.75) is 13.2 Å². The lowest BCUT2D eigenvalue weighted by atomic mass is 10.1. The Bertz CT molecular complexity index is 825. The molecule has 1 saturated heterocycles. The van der Waals surface area contributed by atoms with Crippen molar-refractivity contribution in [1.29, 1.82) is 5.26 Å². The zero-order valence-corrected chi connectivity index (χ0v) is 15.4. The molecule has 1 aromatic carbocycles. The first-order valence-electron chi connectivity index (χ1n) is 8.90. The quantitative estimate of drug-likeness (QED) is 0.878. The first-order valence-corrected chi connectivity index (χ1v) is 8.90. The molecule has 0 spiro atoms. The van der Waals surface area contributed by atoms with Gasteiger partial charge in [0.15, 0.2) is 0 Å². The molecule has 2 aromatic rings. The maximum Gasteiger partial charge on any atom is 0.317 e. The fourth-order valence-corrected chi connectivity index (χ4v) is 3.09. The molecule has 7 heteroatoms. The number of methoxy groups -OCH3 is 1. The van der Waals surface area contributed by atoms with E-state index in [0.29, 0.717) is 44.9 Å². The van der Waals surface area contributed by atoms with Crippen molar-refractivity contribution < 1.29 is 9.53 Å². The van der Waals surface area contributed by atoms with E-state index in [1.807, 2.05) is 29.2 Å². The molecule has 1 aliphatic heterocycles. The summed E-state index contributed by atoms with van der Waals surface area (Å²) < 4.78 is 5.14. The average molecular weight is 365 g/mol. The Hall–Kier alpha value is -3.11. The van der Waals surface area contributed by atoms with E-state index in [4.69, 9.17) is 10.00 Å². The molecule has 1 aromatic heterocycles. The third-order valence-corrected chi connectivity index (χ3v) is 4.51. The summed E-state index contributed by atoms with van der Waals surface area (Å²) in [5.41, 5.74) is 2.73. The number of urea groups is 1. The van der Waals surface area contributed by atoms with Crippen LogP contribution in [0, 0.1) is 11.3 Å². The molecule has 2 amide bonds. The Kier molecular flexibility index (Phi) is 6.23. The zero-order chi connectivity index (χ0) is 19.1. The van der Waals surface area contributed by atoms with Crippen molar-refractivity contribution in [3.8, 4) is 6.07 Å². The molecule has 0 aliphatic carbocycles. The Morgan fingerprint density at radius 1 is 1.22 bits per heavy atom. The largest absolute Gasteiger partial charge is 0.380 e. The van der Waals surface area contributed by atoms with E-state index in [9.17, 15) is 4.79 Å². The number of rotatable bonds is 5. The standard InChI is InChI=1S/C20H23N5O2/c1-27-15-18-4-2-3-17(11-18)14-23-20(26)25-9-7-24(8-10-25)19-12-16(13-21)5-6-22-19/h2-6,11-12H,7-10,14-15H2,1H3,(H,23,26). The lowest BCUT2D eigenvalue weighted by Crippen LogP contribution is -2.51. The second-order valence-corrected chi connectivity index (χ2v) is 6.40. The van der Waals surface area contributed by atoms with E-state index in [0.717, 1.165) is 16.9 Å². The van der Waals surface area contributed by atoms with Crippen molar-refractivity contribution in [2.24, 2.45) is 0 Å². The van der Waals surface area contributed by atoms with Gasteiger partial charge in [-0.15, -0.1) is 0 Å². The molecular weight excluding hydrogens is 342 g/mol. The SMILES string of the molecule is COCc1cccc(CNC(=O)N2CCN(c3cc(C#N)ccn3)CC2)c1. The fourth-order valence-electron chi connectivity index (χ4n) is 3.09. The number of hydrogen-bond donors (Lipinski definition) is 1. The summed E-state index contributed by atoms with van der Waals surface area (Å²) in [6.07, 6.45) is 1.64. The smallest absolute Gasteiger partial charge is 0.317 e. The lowest BCUT2D eigenvalue weighted by Gasteiger charge is -2.35. The summed E-state index contributed by atoms with van der Waals surface area (Å²) in [6, 6.07) is 13.5. The van der Waals surface area contributed by atoms with E-state index in [1.54, 1.807) is 25.4 Å². The highest BCUT2D eigenvalue weighted by Gasteiger charge is 2.21. The minimum absolute atomic E-state index is 0.0643. The highest BCUT2D eigenvalue weighted by molar-refractivity contribution is 5.74. The summed E-state index contributed by atoms with van der Waals surface area (Å²) >= 11 is 0. The first-order chi connectivity index (χ1) is 13.2. The Labute approximate surface area is 159 Å². The van der Waals surface area contributed by atoms with Crippen LogP contribution in [0.4, 0.5) is 10.6 Å². The fraction of sp³-hybridized carbons (Fsp3) is 0.350. The van der Waals surface area contributed by atoms with Gasteiger partial charge in [-0.25, -0.2) is 9.78 Å². The number of benzene rings is 1. The number of hydrogen-bond acceptors (Lipinski definition) is 5. The monoisotopic (exact) mass is 365 g/mol. The molecule has 0 unspecified atom stereocenters. The molecule has 0 radical (unpaired) electrons. The van der Waals surface area contributed by atoms with Gasteiger partial charge in [0.05, 0.1) is 18.2 Å². The third kappa shape index (κ3) is 4.96. The third-order valence-electron chi connectivity index (χ3n) is 4.51. The maximum atomic E-state index is 12.4. The van der Waals surface area contributed by atoms with Gasteiger partial charge in [0.25, 0.3) is 0 Å². The van der Waals surface area contributed by atoms with E-state index in [-0.39, 0.29) is 6.03 Å². The molecule has 0 saturated carbocycles. The second-order valence-electron chi connectivity index (χ2n) is 6.40. The number of nitrogens with one attached hydrogen (secondary N) is 1. The van der Waals surface area contributed by atoms with Crippen LogP contribution in [0.1, 0.15) is 16.7 Å². The van der Waals surface area contributed by atoms with E-state index < -0.39 is 0 Å². The van der Waals surface area contributed by atoms with Gasteiger partial charge in [-0.05, 0) is 23.3 Å². The van der Waals surface area contributed by atoms with Gasteiger partial charge >= 0.3 is 6.03 Å². The average Bonchev–Trinajstić information content (AvgIpc) is 2.73. The summed E-state index contributed by atoms with van der Waals surface area (Å²) in [7, 11) is 1.67. The highest BCUT2D eigenvalue weighted by atomic mass is 16.5. The van der Waals surface area contributed by atoms with Crippen LogP contribution in [-0.4, -0.2) is 49.2 Å². The number of amides is 2. The summed E-state index contributed by atoms with van der Waals surface area (Å²) in [6.45, 7) is 3.67. The number of piperazine rings is 1. The van der Waals surface area contributed by atoms with Crippen molar-refractivity contribution in [3.05, 3.63) is 59.3 Å². The normalized spacial score (nSPS) is 13.9. The maximum absolute atomic E-state index is 12.4. The van der Waals surface area contributed by atoms with Gasteiger partial charge in [-0.2, -0.15) is 5.26 Å². The summed E-state index contributed by atoms with van der Waals surface area (Å²) in [5, 5.41) is 12.0. The van der Waals surface area contributed by atoms with Crippen LogP contribution < -0.4 is 10.2 Å². The Morgan fingerprint density at radius 2 is 2.00 bits per heavy atom. The molecule has 0 atom stereocenters. The number of pyridine rings is 1. The van der Waals surface area contributed by atoms with Crippen LogP contribution in [0.5, 0.6) is 0 Å². The molecular formula is C20H23N5O2. The zero-order valence-electron chi connectivity index (χ0n) is 15.4. The van der Waals surface area contributed by atoms with E-state index >= 15 is 0 Å². The molecule has 140 valence electrons. The van der Waals surface area contributed by atoms with Crippen molar-refractivity contribution in [1.82, 2.24) is 15.2 Å². The highest BCUT2D eigenvalue weighted by Crippen LogP contribution is 2.15. The number of ether oxygens (including phenoxy) is 1. The van der Waals surface area contributed by atoms with Gasteiger partial charge in [-0.3, -0.25) is 0 Å². The van der Waals surface area contributed by atoms with Gasteiger partial charge in [-0.1, -0.05) is 24.3 Å². The summed E-state index contributed by atoms with van der Waals surface area (Å²) in [4.78, 5) is 20.7. The minimum atomic E-state index is -0.0643. The molecule has 0 bridgehead atoms. The van der Waals surface area contributed by atoms with E-state index in [2.05, 4.69) is 21.3 Å². The van der Waals surface area contributed by atoms with Crippen LogP contribution in [-0.2, 0) is 17.9 Å². The number of aromatic nitrogens is 1. The number of carbonyl (C=O) groups is 1. The number of nitrogens with zero attached hydrogens (tertiary/aromatic N) is 4. The molecule has 27 heavy (non-hydrogen) atoms. The molecule has 1 fully saturated rings. The van der Waals surface area contributed by atoms with Crippen LogP contribution in [0.15, 0.2) is 42.6 Å². The van der Waals surface area contributed by atoms with Gasteiger partial charge in [0, 0.05) is 46.0 Å². The molecule has 1 N–H and O–H groups in total. The van der Waals surface area contributed by atoms with Crippen molar-refractivity contribution >= 4 is 11.8 Å². The van der Waals surface area contributed by atoms with Gasteiger partial charge in [0.1, 0.15) is 5.82 Å². The number of carbonyl (C=O) groups excluding carboxylic acids is 1. The van der Waals surface area contributed by atoms with Crippen molar-refractivity contribution in [3.63, 3.8) is 0 Å². The predicted octanol–water partition coefficient (Wildman–Crippen LogP) is 2.13. The van der Waals surface area contributed by atoms with E-state index in [1.165, 1.54) is 0 Å². The number of nitriles is 1. The molecule has 3 rings (SSSR count). The number of anilines is 1. The predicted molar refractivity (Wildman–Crippen MR) is 102 cm³/mol. The van der Waals surface area contributed by atoms with Crippen LogP contribution in [0.2, 0.25) is 0 Å². The lowest BCUT2D eigenvalue weighted by molar-refractivity contribution is 0.185. The molecule has 7 nitrogen and oxygen atoms in total. The second kappa shape index (κ2) is 9.01.